The smallest absolute Gasteiger partial charge is 0.167 e. The van der Waals surface area contributed by atoms with E-state index in [-0.39, 0.29) is 11.9 Å². The third-order valence-electron chi connectivity index (χ3n) is 4.59. The summed E-state index contributed by atoms with van der Waals surface area (Å²) in [5.41, 5.74) is 0.561. The highest BCUT2D eigenvalue weighted by molar-refractivity contribution is 5.90. The van der Waals surface area contributed by atoms with E-state index in [2.05, 4.69) is 29.1 Å². The third-order valence-corrected chi connectivity index (χ3v) is 4.59. The number of anilines is 1. The standard InChI is InChI=1S/C18H24FN3O2/c1-11(2)17-12(5-4-6-24-17)9-20-18-13-7-16(23-3)14(19)8-15(13)21-10-22-18/h7-8,10-12,17H,4-6,9H2,1-3H3,(H,20,21,22). The molecule has 1 saturated heterocycles. The fourth-order valence-electron chi connectivity index (χ4n) is 3.40. The predicted molar refractivity (Wildman–Crippen MR) is 91.8 cm³/mol. The number of halogens is 1. The van der Waals surface area contributed by atoms with Crippen LogP contribution in [0, 0.1) is 17.7 Å². The molecular weight excluding hydrogens is 309 g/mol. The van der Waals surface area contributed by atoms with E-state index in [0.29, 0.717) is 23.2 Å². The summed E-state index contributed by atoms with van der Waals surface area (Å²) in [7, 11) is 1.45. The van der Waals surface area contributed by atoms with E-state index in [0.717, 1.165) is 31.4 Å². The Morgan fingerprint density at radius 1 is 1.38 bits per heavy atom. The number of hydrogen-bond acceptors (Lipinski definition) is 5. The normalized spacial score (nSPS) is 21.2. The van der Waals surface area contributed by atoms with Crippen molar-refractivity contribution >= 4 is 16.7 Å². The number of rotatable bonds is 5. The second-order valence-electron chi connectivity index (χ2n) is 6.59. The topological polar surface area (TPSA) is 56.3 Å². The summed E-state index contributed by atoms with van der Waals surface area (Å²) in [6.45, 7) is 5.99. The molecule has 1 N–H and O–H groups in total. The highest BCUT2D eigenvalue weighted by Crippen LogP contribution is 2.29. The Bertz CT molecular complexity index is 708. The van der Waals surface area contributed by atoms with Gasteiger partial charge in [0.1, 0.15) is 12.1 Å². The molecule has 6 heteroatoms. The van der Waals surface area contributed by atoms with Gasteiger partial charge in [0.15, 0.2) is 11.6 Å². The molecule has 1 fully saturated rings. The van der Waals surface area contributed by atoms with Crippen molar-refractivity contribution in [2.45, 2.75) is 32.8 Å². The van der Waals surface area contributed by atoms with Crippen molar-refractivity contribution in [2.24, 2.45) is 11.8 Å². The molecule has 24 heavy (non-hydrogen) atoms. The minimum atomic E-state index is -0.421. The van der Waals surface area contributed by atoms with Gasteiger partial charge in [-0.15, -0.1) is 0 Å². The maximum absolute atomic E-state index is 13.8. The zero-order chi connectivity index (χ0) is 17.1. The van der Waals surface area contributed by atoms with Crippen molar-refractivity contribution < 1.29 is 13.9 Å². The highest BCUT2D eigenvalue weighted by Gasteiger charge is 2.28. The van der Waals surface area contributed by atoms with Crippen LogP contribution in [0.4, 0.5) is 10.2 Å². The molecule has 0 amide bonds. The third kappa shape index (κ3) is 3.43. The Balaban J connectivity index is 1.82. The van der Waals surface area contributed by atoms with Gasteiger partial charge < -0.3 is 14.8 Å². The summed E-state index contributed by atoms with van der Waals surface area (Å²) >= 11 is 0. The van der Waals surface area contributed by atoms with Crippen molar-refractivity contribution in [3.8, 4) is 5.75 Å². The first-order valence-corrected chi connectivity index (χ1v) is 8.44. The Kier molecular flexibility index (Phi) is 5.14. The molecule has 1 aromatic carbocycles. The largest absolute Gasteiger partial charge is 0.494 e. The number of ether oxygens (including phenoxy) is 2. The van der Waals surface area contributed by atoms with Crippen LogP contribution in [0.25, 0.3) is 10.9 Å². The number of nitrogens with one attached hydrogen (secondary N) is 1. The summed E-state index contributed by atoms with van der Waals surface area (Å²) in [5.74, 6) is 1.39. The molecule has 2 unspecified atom stereocenters. The quantitative estimate of drug-likeness (QED) is 0.905. The average Bonchev–Trinajstić information content (AvgIpc) is 2.59. The first-order valence-electron chi connectivity index (χ1n) is 8.44. The molecule has 5 nitrogen and oxygen atoms in total. The van der Waals surface area contributed by atoms with Gasteiger partial charge in [-0.25, -0.2) is 14.4 Å². The van der Waals surface area contributed by atoms with Crippen LogP contribution in [0.3, 0.4) is 0 Å². The van der Waals surface area contributed by atoms with Crippen LogP contribution in [0.5, 0.6) is 5.75 Å². The number of fused-ring (bicyclic) bond motifs is 1. The van der Waals surface area contributed by atoms with Gasteiger partial charge in [-0.3, -0.25) is 0 Å². The SMILES string of the molecule is COc1cc2c(NCC3CCCOC3C(C)C)ncnc2cc1F. The summed E-state index contributed by atoms with van der Waals surface area (Å²) in [6.07, 6.45) is 3.93. The molecule has 1 aromatic heterocycles. The van der Waals surface area contributed by atoms with Crippen LogP contribution in [0.1, 0.15) is 26.7 Å². The van der Waals surface area contributed by atoms with Crippen LogP contribution in [-0.2, 0) is 4.74 Å². The molecule has 1 aliphatic rings. The average molecular weight is 333 g/mol. The minimum Gasteiger partial charge on any atom is -0.494 e. The van der Waals surface area contributed by atoms with Gasteiger partial charge in [0.2, 0.25) is 0 Å². The molecule has 2 heterocycles. The number of nitrogens with zero attached hydrogens (tertiary/aromatic N) is 2. The Labute approximate surface area is 141 Å². The lowest BCUT2D eigenvalue weighted by molar-refractivity contribution is -0.0480. The van der Waals surface area contributed by atoms with E-state index in [9.17, 15) is 4.39 Å². The van der Waals surface area contributed by atoms with Crippen LogP contribution in [0.2, 0.25) is 0 Å². The zero-order valence-corrected chi connectivity index (χ0v) is 14.4. The molecule has 2 atom stereocenters. The zero-order valence-electron chi connectivity index (χ0n) is 14.4. The van der Waals surface area contributed by atoms with E-state index in [1.807, 2.05) is 0 Å². The van der Waals surface area contributed by atoms with E-state index in [4.69, 9.17) is 9.47 Å². The maximum Gasteiger partial charge on any atom is 0.167 e. The monoisotopic (exact) mass is 333 g/mol. The van der Waals surface area contributed by atoms with Crippen LogP contribution in [0.15, 0.2) is 18.5 Å². The summed E-state index contributed by atoms with van der Waals surface area (Å²) in [4.78, 5) is 8.47. The van der Waals surface area contributed by atoms with Gasteiger partial charge in [0.05, 0.1) is 18.7 Å². The first-order chi connectivity index (χ1) is 11.6. The van der Waals surface area contributed by atoms with E-state index < -0.39 is 5.82 Å². The van der Waals surface area contributed by atoms with Crippen molar-refractivity contribution in [2.75, 3.05) is 25.6 Å². The molecule has 0 radical (unpaired) electrons. The summed E-state index contributed by atoms with van der Waals surface area (Å²) < 4.78 is 24.9. The van der Waals surface area contributed by atoms with Gasteiger partial charge in [-0.05, 0) is 24.8 Å². The molecule has 3 rings (SSSR count). The fraction of sp³-hybridized carbons (Fsp3) is 0.556. The van der Waals surface area contributed by atoms with Crippen molar-refractivity contribution in [1.29, 1.82) is 0 Å². The molecule has 0 saturated carbocycles. The summed E-state index contributed by atoms with van der Waals surface area (Å²) in [5, 5.41) is 4.16. The van der Waals surface area contributed by atoms with Crippen molar-refractivity contribution in [3.05, 3.63) is 24.3 Å². The van der Waals surface area contributed by atoms with Crippen molar-refractivity contribution in [3.63, 3.8) is 0 Å². The van der Waals surface area contributed by atoms with Gasteiger partial charge in [0, 0.05) is 30.5 Å². The van der Waals surface area contributed by atoms with E-state index >= 15 is 0 Å². The number of methoxy groups -OCH3 is 1. The molecule has 0 aliphatic carbocycles. The Morgan fingerprint density at radius 3 is 2.96 bits per heavy atom. The lowest BCUT2D eigenvalue weighted by Crippen LogP contribution is -2.37. The molecule has 0 bridgehead atoms. The van der Waals surface area contributed by atoms with Gasteiger partial charge in [-0.1, -0.05) is 13.8 Å². The molecule has 0 spiro atoms. The summed E-state index contributed by atoms with van der Waals surface area (Å²) in [6, 6.07) is 3.02. The minimum absolute atomic E-state index is 0.196. The lowest BCUT2D eigenvalue weighted by atomic mass is 9.87. The van der Waals surface area contributed by atoms with Crippen LogP contribution in [-0.4, -0.2) is 36.3 Å². The predicted octanol–water partition coefficient (Wildman–Crippen LogP) is 3.64. The second-order valence-corrected chi connectivity index (χ2v) is 6.59. The van der Waals surface area contributed by atoms with Gasteiger partial charge in [-0.2, -0.15) is 0 Å². The number of aromatic nitrogens is 2. The number of hydrogen-bond donors (Lipinski definition) is 1. The lowest BCUT2D eigenvalue weighted by Gasteiger charge is -2.34. The van der Waals surface area contributed by atoms with E-state index in [1.54, 1.807) is 6.07 Å². The Hall–Kier alpha value is -1.95. The molecule has 130 valence electrons. The Morgan fingerprint density at radius 2 is 2.21 bits per heavy atom. The highest BCUT2D eigenvalue weighted by atomic mass is 19.1. The van der Waals surface area contributed by atoms with Gasteiger partial charge in [0.25, 0.3) is 0 Å². The van der Waals surface area contributed by atoms with Crippen LogP contribution >= 0.6 is 0 Å². The molecule has 1 aliphatic heterocycles. The first kappa shape index (κ1) is 16.9. The maximum atomic E-state index is 13.8. The van der Waals surface area contributed by atoms with Gasteiger partial charge >= 0.3 is 0 Å². The second kappa shape index (κ2) is 7.30. The fourth-order valence-corrected chi connectivity index (χ4v) is 3.40. The van der Waals surface area contributed by atoms with E-state index in [1.165, 1.54) is 19.5 Å². The number of benzene rings is 1. The molecule has 2 aromatic rings. The molecular formula is C18H24FN3O2. The van der Waals surface area contributed by atoms with Crippen LogP contribution < -0.4 is 10.1 Å². The van der Waals surface area contributed by atoms with Crippen molar-refractivity contribution in [1.82, 2.24) is 9.97 Å².